The van der Waals surface area contributed by atoms with E-state index in [9.17, 15) is 32.3 Å². The quantitative estimate of drug-likeness (QED) is 0.142. The minimum Gasteiger partial charge on any atom is -0.467 e. The molecule has 1 fully saturated rings. The lowest BCUT2D eigenvalue weighted by atomic mass is 10.1. The van der Waals surface area contributed by atoms with E-state index in [0.29, 0.717) is 23.6 Å². The average Bonchev–Trinajstić information content (AvgIpc) is 3.83. The summed E-state index contributed by atoms with van der Waals surface area (Å²) in [6, 6.07) is 11.2. The molecular formula is C30H31ClF3N7O7. The molecule has 3 aromatic rings. The first-order valence-corrected chi connectivity index (χ1v) is 14.9. The number of hydrogen-bond acceptors (Lipinski definition) is 12. The van der Waals surface area contributed by atoms with Crippen LogP contribution in [0, 0.1) is 0 Å². The lowest BCUT2D eigenvalue weighted by Gasteiger charge is -2.19. The number of esters is 2. The first-order valence-electron chi connectivity index (χ1n) is 14.5. The van der Waals surface area contributed by atoms with Crippen molar-refractivity contribution in [3.63, 3.8) is 0 Å². The highest BCUT2D eigenvalue weighted by Gasteiger charge is 2.45. The highest BCUT2D eigenvalue weighted by molar-refractivity contribution is 6.32. The maximum absolute atomic E-state index is 12.9. The molecule has 1 aliphatic rings. The highest BCUT2D eigenvalue weighted by Crippen LogP contribution is 2.48. The molecule has 48 heavy (non-hydrogen) atoms. The fourth-order valence-electron chi connectivity index (χ4n) is 4.34. The van der Waals surface area contributed by atoms with Crippen LogP contribution in [0.2, 0.25) is 5.02 Å². The summed E-state index contributed by atoms with van der Waals surface area (Å²) in [6.07, 6.45) is -3.29. The molecule has 0 bridgehead atoms. The molecule has 0 saturated heterocycles. The minimum atomic E-state index is -4.63. The Hall–Kier alpha value is -5.19. The van der Waals surface area contributed by atoms with Crippen LogP contribution in [0.25, 0.3) is 0 Å². The van der Waals surface area contributed by atoms with E-state index >= 15 is 0 Å². The van der Waals surface area contributed by atoms with E-state index in [0.717, 1.165) is 12.7 Å². The van der Waals surface area contributed by atoms with Crippen LogP contribution < -0.4 is 26.0 Å². The van der Waals surface area contributed by atoms with Gasteiger partial charge < -0.3 is 35.5 Å². The molecule has 18 heteroatoms. The lowest BCUT2D eigenvalue weighted by molar-refractivity contribution is -0.154. The summed E-state index contributed by atoms with van der Waals surface area (Å²) in [5.41, 5.74) is 0.837. The van der Waals surface area contributed by atoms with Crippen LogP contribution in [0.3, 0.4) is 0 Å². The fourth-order valence-corrected chi connectivity index (χ4v) is 4.46. The van der Waals surface area contributed by atoms with Gasteiger partial charge in [-0.1, -0.05) is 23.7 Å². The summed E-state index contributed by atoms with van der Waals surface area (Å²) in [5.74, 6) is -3.67. The van der Waals surface area contributed by atoms with Gasteiger partial charge in [0.25, 0.3) is 5.91 Å². The Balaban J connectivity index is 1.44. The Morgan fingerprint density at radius 2 is 1.65 bits per heavy atom. The normalized spacial score (nSPS) is 13.8. The zero-order chi connectivity index (χ0) is 34.9. The molecule has 0 spiro atoms. The summed E-state index contributed by atoms with van der Waals surface area (Å²) >= 11 is 6.01. The van der Waals surface area contributed by atoms with E-state index in [4.69, 9.17) is 21.1 Å². The molecule has 1 aliphatic carbocycles. The third-order valence-corrected chi connectivity index (χ3v) is 7.10. The van der Waals surface area contributed by atoms with Gasteiger partial charge >= 0.3 is 30.0 Å². The maximum atomic E-state index is 12.9. The first kappa shape index (κ1) is 35.7. The molecule has 1 aromatic heterocycles. The molecule has 0 radical (unpaired) electrons. The Morgan fingerprint density at radius 3 is 2.25 bits per heavy atom. The maximum Gasteiger partial charge on any atom is 0.422 e. The molecule has 256 valence electrons. The average molecular weight is 694 g/mol. The van der Waals surface area contributed by atoms with Crippen LogP contribution in [0.4, 0.5) is 30.8 Å². The highest BCUT2D eigenvalue weighted by atomic mass is 35.5. The minimum absolute atomic E-state index is 0.0123. The molecule has 4 rings (SSSR count). The van der Waals surface area contributed by atoms with Gasteiger partial charge in [0.2, 0.25) is 11.9 Å². The van der Waals surface area contributed by atoms with E-state index in [-0.39, 0.29) is 37.0 Å². The Kier molecular flexibility index (Phi) is 11.6. The van der Waals surface area contributed by atoms with Crippen LogP contribution in [-0.2, 0) is 29.4 Å². The standard InChI is InChI=1S/C30H31ClF3N7O7/c1-3-47-25(45)23(43)35-15-12-21(24(44)46-2)37-22(42)17-4-10-20(11-5-17)36-26-38-27(40-28(39-26)48-16-30(32,33)34)41-29(13-14-29)18-6-8-19(31)9-7-18/h4-11,21H,3,12-16H2,1-2H3,(H,35,43)(H,37,42)(H2,36,38,39,40,41). The smallest absolute Gasteiger partial charge is 0.422 e. The van der Waals surface area contributed by atoms with Gasteiger partial charge in [-0.25, -0.2) is 9.59 Å². The van der Waals surface area contributed by atoms with Crippen LogP contribution in [0.5, 0.6) is 6.01 Å². The predicted octanol–water partition coefficient (Wildman–Crippen LogP) is 3.65. The summed E-state index contributed by atoms with van der Waals surface area (Å²) < 4.78 is 52.8. The lowest BCUT2D eigenvalue weighted by Crippen LogP contribution is -2.44. The fraction of sp³-hybridized carbons (Fsp3) is 0.367. The number of carbonyl (C=O) groups excluding carboxylic acids is 4. The Labute approximate surface area is 277 Å². The molecule has 1 saturated carbocycles. The number of anilines is 3. The van der Waals surface area contributed by atoms with E-state index in [1.54, 1.807) is 19.1 Å². The topological polar surface area (TPSA) is 183 Å². The van der Waals surface area contributed by atoms with E-state index in [1.807, 2.05) is 12.1 Å². The SMILES string of the molecule is CCOC(=O)C(=O)NCCC(NC(=O)c1ccc(Nc2nc(NC3(c4ccc(Cl)cc4)CC3)nc(OCC(F)(F)F)n2)cc1)C(=O)OC. The number of hydrogen-bond donors (Lipinski definition) is 4. The van der Waals surface area contributed by atoms with Crippen LogP contribution in [0.15, 0.2) is 48.5 Å². The summed E-state index contributed by atoms with van der Waals surface area (Å²) in [7, 11) is 1.13. The van der Waals surface area contributed by atoms with Gasteiger partial charge in [-0.15, -0.1) is 0 Å². The molecule has 4 N–H and O–H groups in total. The summed E-state index contributed by atoms with van der Waals surface area (Å²) in [6.45, 7) is -0.206. The number of nitrogens with one attached hydrogen (secondary N) is 4. The molecule has 1 atom stereocenters. The number of rotatable bonds is 14. The van der Waals surface area contributed by atoms with Gasteiger partial charge in [0.05, 0.1) is 19.3 Å². The number of ether oxygens (including phenoxy) is 3. The van der Waals surface area contributed by atoms with Gasteiger partial charge in [-0.2, -0.15) is 28.1 Å². The number of benzene rings is 2. The summed E-state index contributed by atoms with van der Waals surface area (Å²) in [5, 5.41) is 11.4. The van der Waals surface area contributed by atoms with Crippen molar-refractivity contribution in [1.29, 1.82) is 0 Å². The molecular weight excluding hydrogens is 663 g/mol. The predicted molar refractivity (Wildman–Crippen MR) is 165 cm³/mol. The molecule has 2 amide bonds. The van der Waals surface area contributed by atoms with E-state index in [2.05, 4.69) is 41.0 Å². The molecule has 0 aliphatic heterocycles. The van der Waals surface area contributed by atoms with Crippen molar-refractivity contribution in [2.45, 2.75) is 43.9 Å². The van der Waals surface area contributed by atoms with Crippen molar-refractivity contribution in [2.24, 2.45) is 0 Å². The van der Waals surface area contributed by atoms with Crippen LogP contribution in [0.1, 0.15) is 42.1 Å². The number of amides is 2. The third-order valence-electron chi connectivity index (χ3n) is 6.85. The molecule has 1 heterocycles. The van der Waals surface area contributed by atoms with Crippen molar-refractivity contribution in [2.75, 3.05) is 37.5 Å². The van der Waals surface area contributed by atoms with Crippen LogP contribution in [-0.4, -0.2) is 77.8 Å². The number of methoxy groups -OCH3 is 1. The number of halogens is 4. The largest absolute Gasteiger partial charge is 0.467 e. The third kappa shape index (κ3) is 10.2. The first-order chi connectivity index (χ1) is 22.8. The number of nitrogens with zero attached hydrogens (tertiary/aromatic N) is 3. The Morgan fingerprint density at radius 1 is 0.979 bits per heavy atom. The van der Waals surface area contributed by atoms with E-state index < -0.39 is 54.1 Å². The summed E-state index contributed by atoms with van der Waals surface area (Å²) in [4.78, 5) is 60.6. The number of aromatic nitrogens is 3. The van der Waals surface area contributed by atoms with Crippen molar-refractivity contribution in [3.05, 3.63) is 64.7 Å². The monoisotopic (exact) mass is 693 g/mol. The second-order valence-electron chi connectivity index (χ2n) is 10.4. The second kappa shape index (κ2) is 15.6. The van der Waals surface area contributed by atoms with Gasteiger partial charge in [0.15, 0.2) is 6.61 Å². The molecule has 14 nitrogen and oxygen atoms in total. The van der Waals surface area contributed by atoms with Crippen molar-refractivity contribution in [1.82, 2.24) is 25.6 Å². The molecule has 1 unspecified atom stereocenters. The zero-order valence-electron chi connectivity index (χ0n) is 25.7. The number of alkyl halides is 3. The Bertz CT molecular complexity index is 1620. The van der Waals surface area contributed by atoms with Gasteiger partial charge in [-0.05, 0) is 68.1 Å². The second-order valence-corrected chi connectivity index (χ2v) is 10.8. The van der Waals surface area contributed by atoms with Crippen molar-refractivity contribution >= 4 is 52.9 Å². The van der Waals surface area contributed by atoms with Crippen LogP contribution >= 0.6 is 11.6 Å². The van der Waals surface area contributed by atoms with E-state index in [1.165, 1.54) is 24.3 Å². The van der Waals surface area contributed by atoms with Gasteiger partial charge in [-0.3, -0.25) is 9.59 Å². The van der Waals surface area contributed by atoms with Gasteiger partial charge in [0, 0.05) is 22.8 Å². The zero-order valence-corrected chi connectivity index (χ0v) is 26.4. The number of carbonyl (C=O) groups is 4. The van der Waals surface area contributed by atoms with Gasteiger partial charge in [0.1, 0.15) is 6.04 Å². The molecule has 2 aromatic carbocycles. The van der Waals surface area contributed by atoms with Crippen molar-refractivity contribution in [3.8, 4) is 6.01 Å². The van der Waals surface area contributed by atoms with Crippen molar-refractivity contribution < 1.29 is 46.6 Å².